The molecule has 0 saturated heterocycles. The van der Waals surface area contributed by atoms with Crippen molar-refractivity contribution in [3.8, 4) is 0 Å². The Morgan fingerprint density at radius 2 is 1.81 bits per heavy atom. The lowest BCUT2D eigenvalue weighted by Gasteiger charge is -2.30. The molecule has 2 aromatic carbocycles. The summed E-state index contributed by atoms with van der Waals surface area (Å²) in [5.41, 5.74) is 3.94. The van der Waals surface area contributed by atoms with Crippen LogP contribution >= 0.6 is 11.6 Å². The third kappa shape index (κ3) is 4.38. The summed E-state index contributed by atoms with van der Waals surface area (Å²) in [6, 6.07) is 17.3. The number of halogens is 1. The van der Waals surface area contributed by atoms with Gasteiger partial charge >= 0.3 is 6.16 Å². The molecule has 2 heterocycles. The maximum atomic E-state index is 12.0. The highest BCUT2D eigenvalue weighted by Crippen LogP contribution is 2.45. The van der Waals surface area contributed by atoms with Gasteiger partial charge in [-0.05, 0) is 31.0 Å². The Morgan fingerprint density at radius 3 is 2.53 bits per heavy atom. The second-order valence-corrected chi connectivity index (χ2v) is 7.75. The van der Waals surface area contributed by atoms with E-state index < -0.39 is 12.1 Å². The quantitative estimate of drug-likeness (QED) is 0.516. The molecule has 8 heteroatoms. The van der Waals surface area contributed by atoms with Gasteiger partial charge in [-0.3, -0.25) is 0 Å². The lowest BCUT2D eigenvalue weighted by Crippen LogP contribution is -2.26. The van der Waals surface area contributed by atoms with Gasteiger partial charge in [0.05, 0.1) is 24.3 Å². The molecule has 0 spiro atoms. The average molecular weight is 452 g/mol. The number of dihydropyridines is 1. The van der Waals surface area contributed by atoms with E-state index in [0.29, 0.717) is 40.2 Å². The lowest BCUT2D eigenvalue weighted by molar-refractivity contribution is 0.0928. The topological polar surface area (TPSA) is 86.5 Å². The van der Waals surface area contributed by atoms with Crippen molar-refractivity contribution in [3.05, 3.63) is 99.6 Å². The number of aromatic nitrogens is 2. The highest BCUT2D eigenvalue weighted by atomic mass is 35.5. The van der Waals surface area contributed by atoms with Crippen LogP contribution in [0.15, 0.2) is 76.3 Å². The first kappa shape index (κ1) is 21.6. The Bertz CT molecular complexity index is 1200. The summed E-state index contributed by atoms with van der Waals surface area (Å²) >= 11 is 6.55. The van der Waals surface area contributed by atoms with Gasteiger partial charge in [-0.2, -0.15) is 4.98 Å². The molecule has 3 aromatic rings. The summed E-state index contributed by atoms with van der Waals surface area (Å²) in [7, 11) is 1.26. The molecule has 0 bridgehead atoms. The second-order valence-electron chi connectivity index (χ2n) is 7.34. The molecule has 32 heavy (non-hydrogen) atoms. The SMILES string of the molecule is COC(=O)OC1=C(C)NC(C)=C(c2nc(Cc3ccccc3)no2)C1c1ccccc1Cl. The summed E-state index contributed by atoms with van der Waals surface area (Å²) in [5, 5.41) is 7.93. The molecular weight excluding hydrogens is 430 g/mol. The lowest BCUT2D eigenvalue weighted by atomic mass is 9.85. The van der Waals surface area contributed by atoms with Crippen LogP contribution in [0.1, 0.15) is 42.6 Å². The third-order valence-corrected chi connectivity index (χ3v) is 5.52. The number of nitrogens with one attached hydrogen (secondary N) is 1. The highest BCUT2D eigenvalue weighted by Gasteiger charge is 2.37. The van der Waals surface area contributed by atoms with Crippen LogP contribution in [0.3, 0.4) is 0 Å². The fourth-order valence-corrected chi connectivity index (χ4v) is 3.99. The smallest absolute Gasteiger partial charge is 0.437 e. The largest absolute Gasteiger partial charge is 0.513 e. The van der Waals surface area contributed by atoms with Crippen LogP contribution in [-0.2, 0) is 15.9 Å². The molecule has 0 aliphatic carbocycles. The predicted octanol–water partition coefficient (Wildman–Crippen LogP) is 5.45. The minimum Gasteiger partial charge on any atom is -0.437 e. The Hall–Kier alpha value is -3.58. The predicted molar refractivity (Wildman–Crippen MR) is 120 cm³/mol. The van der Waals surface area contributed by atoms with Gasteiger partial charge in [0.1, 0.15) is 5.76 Å². The molecule has 1 aliphatic rings. The number of rotatable bonds is 5. The zero-order valence-electron chi connectivity index (χ0n) is 17.9. The Balaban J connectivity index is 1.78. The van der Waals surface area contributed by atoms with Crippen LogP contribution in [-0.4, -0.2) is 23.4 Å². The van der Waals surface area contributed by atoms with Crippen molar-refractivity contribution in [3.63, 3.8) is 0 Å². The van der Waals surface area contributed by atoms with Gasteiger partial charge < -0.3 is 19.3 Å². The van der Waals surface area contributed by atoms with Gasteiger partial charge in [-0.25, -0.2) is 4.79 Å². The molecule has 1 aromatic heterocycles. The standard InChI is InChI=1S/C24H22ClN3O4/c1-14-20(23-27-19(28-32-23)13-16-9-5-4-6-10-16)21(17-11-7-8-12-18(17)25)22(15(2)26-14)31-24(29)30-3/h4-12,21,26H,13H2,1-3H3. The van der Waals surface area contributed by atoms with Gasteiger partial charge in [-0.15, -0.1) is 0 Å². The molecular formula is C24H22ClN3O4. The molecule has 7 nitrogen and oxygen atoms in total. The number of ether oxygens (including phenoxy) is 2. The molecule has 0 radical (unpaired) electrons. The van der Waals surface area contributed by atoms with E-state index in [1.54, 1.807) is 6.07 Å². The van der Waals surface area contributed by atoms with Crippen molar-refractivity contribution < 1.29 is 18.8 Å². The fourth-order valence-electron chi connectivity index (χ4n) is 3.74. The molecule has 0 amide bonds. The van der Waals surface area contributed by atoms with Crippen molar-refractivity contribution >= 4 is 23.3 Å². The molecule has 1 atom stereocenters. The zero-order chi connectivity index (χ0) is 22.7. The zero-order valence-corrected chi connectivity index (χ0v) is 18.6. The first-order valence-corrected chi connectivity index (χ1v) is 10.4. The summed E-state index contributed by atoms with van der Waals surface area (Å²) in [5.74, 6) is 0.679. The van der Waals surface area contributed by atoms with Crippen LogP contribution in [0, 0.1) is 0 Å². The maximum absolute atomic E-state index is 12.0. The highest BCUT2D eigenvalue weighted by molar-refractivity contribution is 6.31. The van der Waals surface area contributed by atoms with E-state index in [4.69, 9.17) is 25.6 Å². The van der Waals surface area contributed by atoms with Gasteiger partial charge in [0, 0.05) is 17.1 Å². The van der Waals surface area contributed by atoms with Crippen LogP contribution in [0.5, 0.6) is 0 Å². The molecule has 1 aliphatic heterocycles. The number of hydrogen-bond acceptors (Lipinski definition) is 7. The molecule has 1 N–H and O–H groups in total. The van der Waals surface area contributed by atoms with E-state index in [1.807, 2.05) is 62.4 Å². The molecule has 0 fully saturated rings. The summed E-state index contributed by atoms with van der Waals surface area (Å²) in [4.78, 5) is 16.6. The number of methoxy groups -OCH3 is 1. The van der Waals surface area contributed by atoms with Crippen LogP contribution < -0.4 is 5.32 Å². The molecule has 4 rings (SSSR count). The number of carbonyl (C=O) groups is 1. The van der Waals surface area contributed by atoms with Crippen molar-refractivity contribution in [1.82, 2.24) is 15.5 Å². The maximum Gasteiger partial charge on any atom is 0.513 e. The third-order valence-electron chi connectivity index (χ3n) is 5.18. The minimum atomic E-state index is -0.826. The van der Waals surface area contributed by atoms with Crippen LogP contribution in [0.2, 0.25) is 5.02 Å². The van der Waals surface area contributed by atoms with E-state index >= 15 is 0 Å². The van der Waals surface area contributed by atoms with Gasteiger partial charge in [0.15, 0.2) is 5.82 Å². The normalized spacial score (nSPS) is 16.1. The number of carbonyl (C=O) groups excluding carboxylic acids is 1. The number of hydrogen-bond donors (Lipinski definition) is 1. The minimum absolute atomic E-state index is 0.323. The molecule has 0 saturated carbocycles. The monoisotopic (exact) mass is 451 g/mol. The van der Waals surface area contributed by atoms with E-state index in [2.05, 4.69) is 15.5 Å². The Morgan fingerprint density at radius 1 is 1.09 bits per heavy atom. The van der Waals surface area contributed by atoms with E-state index in [1.165, 1.54) is 7.11 Å². The fraction of sp³-hybridized carbons (Fsp3) is 0.208. The van der Waals surface area contributed by atoms with Gasteiger partial charge in [0.2, 0.25) is 0 Å². The van der Waals surface area contributed by atoms with Gasteiger partial charge in [0.25, 0.3) is 5.89 Å². The summed E-state index contributed by atoms with van der Waals surface area (Å²) < 4.78 is 15.9. The second kappa shape index (κ2) is 9.28. The number of allylic oxidation sites excluding steroid dienone is 3. The van der Waals surface area contributed by atoms with Crippen LogP contribution in [0.4, 0.5) is 4.79 Å². The first-order chi connectivity index (χ1) is 15.5. The molecule has 164 valence electrons. The van der Waals surface area contributed by atoms with Gasteiger partial charge in [-0.1, -0.05) is 65.3 Å². The summed E-state index contributed by atoms with van der Waals surface area (Å²) in [6.45, 7) is 3.72. The van der Waals surface area contributed by atoms with E-state index in [9.17, 15) is 4.79 Å². The van der Waals surface area contributed by atoms with E-state index in [-0.39, 0.29) is 0 Å². The summed E-state index contributed by atoms with van der Waals surface area (Å²) in [6.07, 6.45) is -0.297. The van der Waals surface area contributed by atoms with Crippen molar-refractivity contribution in [2.24, 2.45) is 0 Å². The van der Waals surface area contributed by atoms with Crippen molar-refractivity contribution in [1.29, 1.82) is 0 Å². The number of nitrogens with zero attached hydrogens (tertiary/aromatic N) is 2. The Labute approximate surface area is 190 Å². The number of benzene rings is 2. The van der Waals surface area contributed by atoms with E-state index in [0.717, 1.165) is 16.8 Å². The molecule has 1 unspecified atom stereocenters. The van der Waals surface area contributed by atoms with Crippen molar-refractivity contribution in [2.45, 2.75) is 26.2 Å². The first-order valence-electron chi connectivity index (χ1n) is 10.0. The van der Waals surface area contributed by atoms with Crippen LogP contribution in [0.25, 0.3) is 5.57 Å². The average Bonchev–Trinajstić information content (AvgIpc) is 3.24. The van der Waals surface area contributed by atoms with Crippen molar-refractivity contribution in [2.75, 3.05) is 7.11 Å². The Kier molecular flexibility index (Phi) is 6.28.